The molecule has 0 spiro atoms. The molecule has 1 aromatic heterocycles. The Hall–Kier alpha value is -1.32. The first kappa shape index (κ1) is 10.2. The van der Waals surface area contributed by atoms with E-state index in [0.29, 0.717) is 17.9 Å². The quantitative estimate of drug-likeness (QED) is 0.810. The zero-order valence-electron chi connectivity index (χ0n) is 9.05. The molecule has 4 heteroatoms. The van der Waals surface area contributed by atoms with Gasteiger partial charge in [-0.3, -0.25) is 0 Å². The van der Waals surface area contributed by atoms with Crippen LogP contribution in [0.3, 0.4) is 0 Å². The number of hydrogen-bond donors (Lipinski definition) is 1. The number of nitrogens with zero attached hydrogens (tertiary/aromatic N) is 2. The van der Waals surface area contributed by atoms with E-state index >= 15 is 0 Å². The monoisotopic (exact) mass is 208 g/mol. The second-order valence-electron chi connectivity index (χ2n) is 4.49. The highest BCUT2D eigenvalue weighted by Gasteiger charge is 2.31. The lowest BCUT2D eigenvalue weighted by molar-refractivity contribution is 0.0691. The van der Waals surface area contributed by atoms with Gasteiger partial charge in [-0.2, -0.15) is 0 Å². The third kappa shape index (κ3) is 1.76. The number of hydrogen-bond acceptors (Lipinski definition) is 2. The Bertz CT molecular complexity index is 372. The van der Waals surface area contributed by atoms with Crippen LogP contribution in [0.2, 0.25) is 0 Å². The molecule has 1 aliphatic rings. The molecule has 1 heterocycles. The van der Waals surface area contributed by atoms with Crippen LogP contribution in [0.1, 0.15) is 43.2 Å². The Morgan fingerprint density at radius 1 is 1.53 bits per heavy atom. The highest BCUT2D eigenvalue weighted by molar-refractivity contribution is 5.84. The lowest BCUT2D eigenvalue weighted by atomic mass is 9.98. The Kier molecular flexibility index (Phi) is 2.50. The Morgan fingerprint density at radius 2 is 2.27 bits per heavy atom. The number of carboxylic acid groups (broad SMARTS) is 1. The van der Waals surface area contributed by atoms with Crippen molar-refractivity contribution in [2.75, 3.05) is 0 Å². The van der Waals surface area contributed by atoms with E-state index in [1.54, 1.807) is 12.5 Å². The van der Waals surface area contributed by atoms with Gasteiger partial charge in [0.15, 0.2) is 5.69 Å². The number of rotatable bonds is 2. The number of carbonyl (C=O) groups is 1. The van der Waals surface area contributed by atoms with Crippen molar-refractivity contribution in [2.24, 2.45) is 11.8 Å². The molecule has 0 radical (unpaired) electrons. The fourth-order valence-corrected chi connectivity index (χ4v) is 2.39. The second-order valence-corrected chi connectivity index (χ2v) is 4.49. The van der Waals surface area contributed by atoms with E-state index in [1.165, 1.54) is 6.42 Å². The predicted molar refractivity (Wildman–Crippen MR) is 55.8 cm³/mol. The summed E-state index contributed by atoms with van der Waals surface area (Å²) < 4.78 is 1.96. The maximum atomic E-state index is 10.7. The van der Waals surface area contributed by atoms with Crippen LogP contribution in [-0.4, -0.2) is 20.6 Å². The predicted octanol–water partition coefficient (Wildman–Crippen LogP) is 2.19. The molecule has 1 fully saturated rings. The molecule has 4 nitrogen and oxygen atoms in total. The van der Waals surface area contributed by atoms with Crippen LogP contribution in [0.25, 0.3) is 0 Å². The van der Waals surface area contributed by atoms with Crippen molar-refractivity contribution >= 4 is 5.97 Å². The summed E-state index contributed by atoms with van der Waals surface area (Å²) in [5.74, 6) is 0.360. The van der Waals surface area contributed by atoms with Gasteiger partial charge in [0.25, 0.3) is 0 Å². The van der Waals surface area contributed by atoms with E-state index in [2.05, 4.69) is 18.8 Å². The maximum absolute atomic E-state index is 10.7. The van der Waals surface area contributed by atoms with Crippen molar-refractivity contribution in [2.45, 2.75) is 32.7 Å². The van der Waals surface area contributed by atoms with Crippen molar-refractivity contribution in [3.63, 3.8) is 0 Å². The first-order valence-corrected chi connectivity index (χ1v) is 5.36. The summed E-state index contributed by atoms with van der Waals surface area (Å²) in [6, 6.07) is 0.417. The lowest BCUT2D eigenvalue weighted by Gasteiger charge is -2.19. The Balaban J connectivity index is 2.19. The van der Waals surface area contributed by atoms with Gasteiger partial charge in [-0.15, -0.1) is 0 Å². The number of aromatic carboxylic acids is 1. The van der Waals surface area contributed by atoms with E-state index in [9.17, 15) is 4.79 Å². The van der Waals surface area contributed by atoms with Crippen LogP contribution in [0.4, 0.5) is 0 Å². The van der Waals surface area contributed by atoms with E-state index < -0.39 is 5.97 Å². The Morgan fingerprint density at radius 3 is 2.73 bits per heavy atom. The molecular weight excluding hydrogens is 192 g/mol. The highest BCUT2D eigenvalue weighted by atomic mass is 16.4. The fraction of sp³-hybridized carbons (Fsp3) is 0.636. The molecular formula is C11H16N2O2. The summed E-state index contributed by atoms with van der Waals surface area (Å²) in [7, 11) is 0. The summed E-state index contributed by atoms with van der Waals surface area (Å²) in [5.41, 5.74) is 0.141. The summed E-state index contributed by atoms with van der Waals surface area (Å²) >= 11 is 0. The average molecular weight is 208 g/mol. The largest absolute Gasteiger partial charge is 0.476 e. The van der Waals surface area contributed by atoms with Gasteiger partial charge in [0.2, 0.25) is 0 Å². The van der Waals surface area contributed by atoms with Gasteiger partial charge >= 0.3 is 5.97 Å². The zero-order chi connectivity index (χ0) is 11.0. The summed E-state index contributed by atoms with van der Waals surface area (Å²) in [6.45, 7) is 4.47. The fourth-order valence-electron chi connectivity index (χ4n) is 2.39. The molecule has 3 unspecified atom stereocenters. The first-order valence-electron chi connectivity index (χ1n) is 5.36. The number of carboxylic acids is 1. The summed E-state index contributed by atoms with van der Waals surface area (Å²) in [6.07, 6.45) is 5.62. The SMILES string of the molecule is CC1CCC(n2cnc(C(=O)O)c2)C1C. The van der Waals surface area contributed by atoms with Crippen LogP contribution in [0.5, 0.6) is 0 Å². The maximum Gasteiger partial charge on any atom is 0.356 e. The van der Waals surface area contributed by atoms with Gasteiger partial charge in [-0.1, -0.05) is 13.8 Å². The molecule has 0 saturated heterocycles. The first-order chi connectivity index (χ1) is 7.09. The van der Waals surface area contributed by atoms with Gasteiger partial charge in [0, 0.05) is 12.2 Å². The third-order valence-corrected chi connectivity index (χ3v) is 3.63. The minimum atomic E-state index is -0.951. The van der Waals surface area contributed by atoms with E-state index in [-0.39, 0.29) is 5.69 Å². The van der Waals surface area contributed by atoms with E-state index in [4.69, 9.17) is 5.11 Å². The van der Waals surface area contributed by atoms with Gasteiger partial charge in [0.05, 0.1) is 6.33 Å². The Labute approximate surface area is 88.9 Å². The molecule has 0 bridgehead atoms. The second kappa shape index (κ2) is 3.68. The van der Waals surface area contributed by atoms with Gasteiger partial charge < -0.3 is 9.67 Å². The smallest absolute Gasteiger partial charge is 0.356 e. The van der Waals surface area contributed by atoms with Crippen LogP contribution >= 0.6 is 0 Å². The molecule has 1 aliphatic carbocycles. The highest BCUT2D eigenvalue weighted by Crippen LogP contribution is 2.39. The van der Waals surface area contributed by atoms with Gasteiger partial charge in [0.1, 0.15) is 0 Å². The van der Waals surface area contributed by atoms with Gasteiger partial charge in [-0.05, 0) is 24.7 Å². The standard InChI is InChI=1S/C11H16N2O2/c1-7-3-4-10(8(7)2)13-5-9(11(14)15)12-6-13/h5-8,10H,3-4H2,1-2H3,(H,14,15). The topological polar surface area (TPSA) is 55.1 Å². The van der Waals surface area contributed by atoms with Crippen LogP contribution in [0.15, 0.2) is 12.5 Å². The minimum Gasteiger partial charge on any atom is -0.476 e. The molecule has 0 aromatic carbocycles. The molecule has 0 aliphatic heterocycles. The summed E-state index contributed by atoms with van der Waals surface area (Å²) in [5, 5.41) is 8.78. The minimum absolute atomic E-state index is 0.141. The molecule has 1 saturated carbocycles. The van der Waals surface area contributed by atoms with Crippen molar-refractivity contribution in [1.82, 2.24) is 9.55 Å². The van der Waals surface area contributed by atoms with Crippen LogP contribution in [-0.2, 0) is 0 Å². The molecule has 1 N–H and O–H groups in total. The van der Waals surface area contributed by atoms with Crippen molar-refractivity contribution in [3.8, 4) is 0 Å². The van der Waals surface area contributed by atoms with Crippen molar-refractivity contribution in [1.29, 1.82) is 0 Å². The molecule has 15 heavy (non-hydrogen) atoms. The lowest BCUT2D eigenvalue weighted by Crippen LogP contribution is -2.13. The normalized spacial score (nSPS) is 30.7. The molecule has 3 atom stereocenters. The third-order valence-electron chi connectivity index (χ3n) is 3.63. The zero-order valence-corrected chi connectivity index (χ0v) is 9.05. The van der Waals surface area contributed by atoms with E-state index in [0.717, 1.165) is 6.42 Å². The molecule has 2 rings (SSSR count). The van der Waals surface area contributed by atoms with Crippen LogP contribution in [0, 0.1) is 11.8 Å². The molecule has 82 valence electrons. The van der Waals surface area contributed by atoms with Crippen molar-refractivity contribution < 1.29 is 9.90 Å². The molecule has 1 aromatic rings. The summed E-state index contributed by atoms with van der Waals surface area (Å²) in [4.78, 5) is 14.6. The van der Waals surface area contributed by atoms with E-state index in [1.807, 2.05) is 4.57 Å². The number of imidazole rings is 1. The van der Waals surface area contributed by atoms with Crippen molar-refractivity contribution in [3.05, 3.63) is 18.2 Å². The number of aromatic nitrogens is 2. The van der Waals surface area contributed by atoms with Crippen LogP contribution < -0.4 is 0 Å². The average Bonchev–Trinajstić information content (AvgIpc) is 2.76. The van der Waals surface area contributed by atoms with Gasteiger partial charge in [-0.25, -0.2) is 9.78 Å². The molecule has 0 amide bonds.